The summed E-state index contributed by atoms with van der Waals surface area (Å²) in [6, 6.07) is 8.72. The smallest absolute Gasteiger partial charge is 0.191 e. The van der Waals surface area contributed by atoms with Crippen molar-refractivity contribution in [1.82, 2.24) is 10.6 Å². The van der Waals surface area contributed by atoms with Crippen molar-refractivity contribution in [2.45, 2.75) is 33.1 Å². The number of halogens is 2. The fraction of sp³-hybridized carbons (Fsp3) is 0.450. The van der Waals surface area contributed by atoms with E-state index >= 15 is 0 Å². The van der Waals surface area contributed by atoms with Crippen LogP contribution in [-0.2, 0) is 29.2 Å². The molecule has 2 rings (SSSR count). The Labute approximate surface area is 182 Å². The Balaban J connectivity index is 0.00000392. The van der Waals surface area contributed by atoms with E-state index in [9.17, 15) is 4.39 Å². The first-order chi connectivity index (χ1) is 13.2. The molecule has 0 atom stereocenters. The zero-order chi connectivity index (χ0) is 19.3. The van der Waals surface area contributed by atoms with Crippen LogP contribution in [0.3, 0.4) is 0 Å². The highest BCUT2D eigenvalue weighted by Gasteiger charge is 2.04. The topological polar surface area (TPSA) is 68.0 Å². The van der Waals surface area contributed by atoms with E-state index in [2.05, 4.69) is 15.6 Å². The second-order valence-corrected chi connectivity index (χ2v) is 5.97. The molecule has 0 fully saturated rings. The highest BCUT2D eigenvalue weighted by molar-refractivity contribution is 14.0. The Morgan fingerprint density at radius 3 is 2.79 bits per heavy atom. The summed E-state index contributed by atoms with van der Waals surface area (Å²) in [5.41, 5.74) is 1.47. The van der Waals surface area contributed by atoms with Gasteiger partial charge in [-0.25, -0.2) is 9.38 Å². The minimum Gasteiger partial charge on any atom is -0.467 e. The number of rotatable bonds is 11. The first kappa shape index (κ1) is 24.4. The molecule has 0 aliphatic heterocycles. The van der Waals surface area contributed by atoms with Gasteiger partial charge in [0, 0.05) is 32.4 Å². The average Bonchev–Trinajstić information content (AvgIpc) is 3.18. The molecule has 28 heavy (non-hydrogen) atoms. The van der Waals surface area contributed by atoms with Crippen molar-refractivity contribution in [3.05, 3.63) is 59.3 Å². The monoisotopic (exact) mass is 505 g/mol. The number of nitrogens with one attached hydrogen (secondary N) is 2. The fourth-order valence-electron chi connectivity index (χ4n) is 2.45. The van der Waals surface area contributed by atoms with Gasteiger partial charge in [-0.3, -0.25) is 0 Å². The van der Waals surface area contributed by atoms with E-state index in [1.807, 2.05) is 19.1 Å². The molecule has 2 aromatic rings. The van der Waals surface area contributed by atoms with E-state index in [0.717, 1.165) is 36.8 Å². The van der Waals surface area contributed by atoms with E-state index in [0.29, 0.717) is 25.3 Å². The molecule has 0 saturated heterocycles. The molecule has 2 N–H and O–H groups in total. The minimum atomic E-state index is -0.260. The molecule has 0 radical (unpaired) electrons. The maximum atomic E-state index is 13.7. The molecule has 1 aromatic carbocycles. The Hall–Kier alpha value is -1.65. The standard InChI is InChI=1S/C20H28FN3O3.HI/c1-3-22-20(23-9-5-10-26-15-18-6-4-11-27-18)24-13-16-7-8-19(21)17(12-16)14-25-2;/h4,6-8,11-12H,3,5,9-10,13-15H2,1-2H3,(H2,22,23,24);1H. The highest BCUT2D eigenvalue weighted by Crippen LogP contribution is 2.12. The number of methoxy groups -OCH3 is 1. The molecule has 0 bridgehead atoms. The number of benzene rings is 1. The maximum absolute atomic E-state index is 13.7. The Morgan fingerprint density at radius 1 is 1.21 bits per heavy atom. The van der Waals surface area contributed by atoms with E-state index in [1.165, 1.54) is 6.07 Å². The average molecular weight is 505 g/mol. The van der Waals surface area contributed by atoms with Crippen molar-refractivity contribution in [2.24, 2.45) is 4.99 Å². The van der Waals surface area contributed by atoms with Crippen molar-refractivity contribution < 1.29 is 18.3 Å². The lowest BCUT2D eigenvalue weighted by atomic mass is 10.1. The van der Waals surface area contributed by atoms with Crippen LogP contribution in [0.1, 0.15) is 30.2 Å². The van der Waals surface area contributed by atoms with Crippen LogP contribution in [0.4, 0.5) is 4.39 Å². The molecule has 8 heteroatoms. The first-order valence-electron chi connectivity index (χ1n) is 9.11. The number of hydrogen-bond acceptors (Lipinski definition) is 4. The predicted molar refractivity (Wildman–Crippen MR) is 118 cm³/mol. The number of ether oxygens (including phenoxy) is 2. The molecule has 0 aliphatic carbocycles. The molecule has 1 aromatic heterocycles. The summed E-state index contributed by atoms with van der Waals surface area (Å²) in [5.74, 6) is 1.29. The third-order valence-electron chi connectivity index (χ3n) is 3.76. The van der Waals surface area contributed by atoms with E-state index in [4.69, 9.17) is 13.9 Å². The van der Waals surface area contributed by atoms with Crippen LogP contribution in [0.25, 0.3) is 0 Å². The summed E-state index contributed by atoms with van der Waals surface area (Å²) in [4.78, 5) is 4.55. The molecule has 0 unspecified atom stereocenters. The molecule has 0 spiro atoms. The van der Waals surface area contributed by atoms with Gasteiger partial charge in [-0.15, -0.1) is 24.0 Å². The molecular formula is C20H29FIN3O3. The van der Waals surface area contributed by atoms with Crippen LogP contribution in [0.5, 0.6) is 0 Å². The lowest BCUT2D eigenvalue weighted by molar-refractivity contribution is 0.105. The van der Waals surface area contributed by atoms with E-state index < -0.39 is 0 Å². The van der Waals surface area contributed by atoms with Crippen LogP contribution in [-0.4, -0.2) is 32.8 Å². The molecule has 1 heterocycles. The predicted octanol–water partition coefficient (Wildman–Crippen LogP) is 3.85. The molecular weight excluding hydrogens is 476 g/mol. The van der Waals surface area contributed by atoms with E-state index in [-0.39, 0.29) is 36.4 Å². The summed E-state index contributed by atoms with van der Waals surface area (Å²) in [6.45, 7) is 5.34. The number of nitrogens with zero attached hydrogens (tertiary/aromatic N) is 1. The SMILES string of the molecule is CCNC(=NCc1ccc(F)c(COC)c1)NCCCOCc1ccco1.I. The number of aliphatic imine (C=N–C) groups is 1. The normalized spacial score (nSPS) is 11.2. The Morgan fingerprint density at radius 2 is 2.07 bits per heavy atom. The van der Waals surface area contributed by atoms with Crippen molar-refractivity contribution in [2.75, 3.05) is 26.8 Å². The summed E-state index contributed by atoms with van der Waals surface area (Å²) < 4.78 is 29.5. The molecule has 6 nitrogen and oxygen atoms in total. The summed E-state index contributed by atoms with van der Waals surface area (Å²) >= 11 is 0. The second kappa shape index (κ2) is 14.4. The lowest BCUT2D eigenvalue weighted by Crippen LogP contribution is -2.38. The van der Waals surface area contributed by atoms with Gasteiger partial charge >= 0.3 is 0 Å². The zero-order valence-electron chi connectivity index (χ0n) is 16.4. The van der Waals surface area contributed by atoms with Gasteiger partial charge in [0.25, 0.3) is 0 Å². The van der Waals surface area contributed by atoms with Gasteiger partial charge in [-0.05, 0) is 43.2 Å². The van der Waals surface area contributed by atoms with Crippen LogP contribution in [0.2, 0.25) is 0 Å². The molecule has 0 aliphatic rings. The van der Waals surface area contributed by atoms with E-state index in [1.54, 1.807) is 25.5 Å². The Kier molecular flexibility index (Phi) is 12.5. The fourth-order valence-corrected chi connectivity index (χ4v) is 2.45. The van der Waals surface area contributed by atoms with Crippen molar-refractivity contribution in [1.29, 1.82) is 0 Å². The number of hydrogen-bond donors (Lipinski definition) is 2. The summed E-state index contributed by atoms with van der Waals surface area (Å²) in [7, 11) is 1.55. The van der Waals surface area contributed by atoms with Crippen LogP contribution in [0, 0.1) is 5.82 Å². The van der Waals surface area contributed by atoms with Gasteiger partial charge in [-0.1, -0.05) is 6.07 Å². The van der Waals surface area contributed by atoms with Gasteiger partial charge in [0.1, 0.15) is 18.2 Å². The Bertz CT molecular complexity index is 696. The van der Waals surface area contributed by atoms with Gasteiger partial charge in [-0.2, -0.15) is 0 Å². The van der Waals surface area contributed by atoms with Crippen molar-refractivity contribution >= 4 is 29.9 Å². The van der Waals surface area contributed by atoms with Crippen molar-refractivity contribution in [3.8, 4) is 0 Å². The number of furan rings is 1. The summed E-state index contributed by atoms with van der Waals surface area (Å²) in [5, 5.41) is 6.47. The van der Waals surface area contributed by atoms with Gasteiger partial charge in [0.15, 0.2) is 5.96 Å². The van der Waals surface area contributed by atoms with Crippen LogP contribution in [0.15, 0.2) is 46.0 Å². The first-order valence-corrected chi connectivity index (χ1v) is 9.11. The van der Waals surface area contributed by atoms with Gasteiger partial charge < -0.3 is 24.5 Å². The lowest BCUT2D eigenvalue weighted by Gasteiger charge is -2.11. The van der Waals surface area contributed by atoms with Gasteiger partial charge in [0.2, 0.25) is 0 Å². The minimum absolute atomic E-state index is 0. The zero-order valence-corrected chi connectivity index (χ0v) is 18.7. The third kappa shape index (κ3) is 9.03. The molecule has 156 valence electrons. The third-order valence-corrected chi connectivity index (χ3v) is 3.76. The van der Waals surface area contributed by atoms with Crippen molar-refractivity contribution in [3.63, 3.8) is 0 Å². The second-order valence-electron chi connectivity index (χ2n) is 5.97. The van der Waals surface area contributed by atoms with Crippen LogP contribution >= 0.6 is 24.0 Å². The molecule has 0 saturated carbocycles. The quantitative estimate of drug-likeness (QED) is 0.210. The van der Waals surface area contributed by atoms with Gasteiger partial charge in [0.05, 0.1) is 19.4 Å². The maximum Gasteiger partial charge on any atom is 0.191 e. The largest absolute Gasteiger partial charge is 0.467 e. The highest BCUT2D eigenvalue weighted by atomic mass is 127. The number of guanidine groups is 1. The van der Waals surface area contributed by atoms with Crippen LogP contribution < -0.4 is 10.6 Å². The summed E-state index contributed by atoms with van der Waals surface area (Å²) in [6.07, 6.45) is 2.48. The molecule has 0 amide bonds.